The van der Waals surface area contributed by atoms with Crippen molar-refractivity contribution in [3.63, 3.8) is 0 Å². The maximum atomic E-state index is 13.3. The van der Waals surface area contributed by atoms with E-state index in [1.807, 2.05) is 0 Å². The highest BCUT2D eigenvalue weighted by atomic mass is 35.5. The molecule has 0 aliphatic carbocycles. The molecule has 0 aliphatic rings. The number of benzene rings is 2. The fraction of sp³-hybridized carbons (Fsp3) is 0.0556. The molecule has 0 unspecified atom stereocenters. The van der Waals surface area contributed by atoms with Crippen molar-refractivity contribution in [1.82, 2.24) is 4.98 Å². The first kappa shape index (κ1) is 19.1. The Kier molecular flexibility index (Phi) is 5.57. The Hall–Kier alpha value is -2.71. The van der Waals surface area contributed by atoms with Crippen LogP contribution in [0.15, 0.2) is 65.7 Å². The lowest BCUT2D eigenvalue weighted by atomic mass is 10.2. The van der Waals surface area contributed by atoms with E-state index in [2.05, 4.69) is 9.71 Å². The molecule has 0 bridgehead atoms. The summed E-state index contributed by atoms with van der Waals surface area (Å²) in [5.41, 5.74) is 0.250. The van der Waals surface area contributed by atoms with Crippen LogP contribution in [0.2, 0.25) is 5.02 Å². The molecule has 1 heterocycles. The third-order valence-electron chi connectivity index (χ3n) is 3.42. The van der Waals surface area contributed by atoms with Gasteiger partial charge in [-0.15, -0.1) is 0 Å². The maximum absolute atomic E-state index is 13.3. The summed E-state index contributed by atoms with van der Waals surface area (Å²) >= 11 is 5.83. The topological polar surface area (TPSA) is 68.3 Å². The number of nitrogens with zero attached hydrogens (tertiary/aromatic N) is 1. The Balaban J connectivity index is 1.81. The molecule has 27 heavy (non-hydrogen) atoms. The van der Waals surface area contributed by atoms with E-state index in [1.165, 1.54) is 30.5 Å². The third kappa shape index (κ3) is 4.93. The predicted octanol–water partition coefficient (Wildman–Crippen LogP) is 4.39. The lowest BCUT2D eigenvalue weighted by molar-refractivity contribution is 0.305. The number of anilines is 1. The molecular formula is C18H13ClF2N2O3S. The molecule has 9 heteroatoms. The number of ether oxygens (including phenoxy) is 1. The van der Waals surface area contributed by atoms with Gasteiger partial charge in [0.15, 0.2) is 11.6 Å². The number of nitrogens with one attached hydrogen (secondary N) is 1. The zero-order chi connectivity index (χ0) is 19.4. The standard InChI is InChI=1S/C18H13ClF2N2O3S/c19-13-3-1-4-16(9-13)27(24,25)23-18-17(5-2-6-22-18)26-11-12-7-14(20)10-15(21)8-12/h1-10H,11H2,(H,22,23). The van der Waals surface area contributed by atoms with E-state index >= 15 is 0 Å². The SMILES string of the molecule is O=S(=O)(Nc1ncccc1OCc1cc(F)cc(F)c1)c1cccc(Cl)c1. The average Bonchev–Trinajstić information content (AvgIpc) is 2.60. The van der Waals surface area contributed by atoms with Gasteiger partial charge < -0.3 is 4.74 Å². The molecule has 0 radical (unpaired) electrons. The molecule has 0 amide bonds. The average molecular weight is 411 g/mol. The first-order chi connectivity index (χ1) is 12.8. The normalized spacial score (nSPS) is 11.2. The van der Waals surface area contributed by atoms with Crippen molar-refractivity contribution in [2.45, 2.75) is 11.5 Å². The number of rotatable bonds is 6. The van der Waals surface area contributed by atoms with Crippen LogP contribution in [-0.4, -0.2) is 13.4 Å². The Bertz CT molecular complexity index is 1060. The van der Waals surface area contributed by atoms with Gasteiger partial charge in [0, 0.05) is 17.3 Å². The molecule has 3 aromatic rings. The van der Waals surface area contributed by atoms with Gasteiger partial charge in [-0.2, -0.15) is 0 Å². The molecule has 0 spiro atoms. The van der Waals surface area contributed by atoms with Gasteiger partial charge in [0.2, 0.25) is 0 Å². The summed E-state index contributed by atoms with van der Waals surface area (Å²) in [6.45, 7) is -0.174. The maximum Gasteiger partial charge on any atom is 0.263 e. The lowest BCUT2D eigenvalue weighted by Crippen LogP contribution is -2.15. The van der Waals surface area contributed by atoms with Crippen molar-refractivity contribution in [3.05, 3.63) is 83.0 Å². The molecule has 0 saturated heterocycles. The number of halogens is 3. The van der Waals surface area contributed by atoms with Gasteiger partial charge in [-0.3, -0.25) is 4.72 Å². The number of aromatic nitrogens is 1. The van der Waals surface area contributed by atoms with Crippen LogP contribution in [-0.2, 0) is 16.6 Å². The Morgan fingerprint density at radius 1 is 1.04 bits per heavy atom. The van der Waals surface area contributed by atoms with E-state index in [0.29, 0.717) is 0 Å². The predicted molar refractivity (Wildman–Crippen MR) is 97.2 cm³/mol. The summed E-state index contributed by atoms with van der Waals surface area (Å²) in [4.78, 5) is 3.92. The largest absolute Gasteiger partial charge is 0.485 e. The summed E-state index contributed by atoms with van der Waals surface area (Å²) in [6.07, 6.45) is 1.38. The summed E-state index contributed by atoms with van der Waals surface area (Å²) in [5.74, 6) is -1.43. The first-order valence-electron chi connectivity index (χ1n) is 7.65. The molecule has 0 atom stereocenters. The monoisotopic (exact) mass is 410 g/mol. The molecular weight excluding hydrogens is 398 g/mol. The van der Waals surface area contributed by atoms with E-state index in [9.17, 15) is 17.2 Å². The van der Waals surface area contributed by atoms with Crippen LogP contribution in [0, 0.1) is 11.6 Å². The van der Waals surface area contributed by atoms with Crippen LogP contribution >= 0.6 is 11.6 Å². The molecule has 3 rings (SSSR count). The summed E-state index contributed by atoms with van der Waals surface area (Å²) < 4.78 is 59.3. The molecule has 0 saturated carbocycles. The highest BCUT2D eigenvalue weighted by molar-refractivity contribution is 7.92. The van der Waals surface area contributed by atoms with Crippen molar-refractivity contribution >= 4 is 27.4 Å². The second-order valence-electron chi connectivity index (χ2n) is 5.48. The Labute approximate surface area is 159 Å². The van der Waals surface area contributed by atoms with Gasteiger partial charge in [-0.25, -0.2) is 22.2 Å². The fourth-order valence-corrected chi connectivity index (χ4v) is 3.58. The molecule has 0 aliphatic heterocycles. The number of sulfonamides is 1. The lowest BCUT2D eigenvalue weighted by Gasteiger charge is -2.13. The minimum absolute atomic E-state index is 0.0428. The smallest absolute Gasteiger partial charge is 0.263 e. The molecule has 0 fully saturated rings. The van der Waals surface area contributed by atoms with Gasteiger partial charge in [0.1, 0.15) is 18.2 Å². The quantitative estimate of drug-likeness (QED) is 0.654. The van der Waals surface area contributed by atoms with Crippen molar-refractivity contribution < 1.29 is 21.9 Å². The highest BCUT2D eigenvalue weighted by Crippen LogP contribution is 2.26. The minimum atomic E-state index is -3.95. The van der Waals surface area contributed by atoms with Crippen LogP contribution in [0.4, 0.5) is 14.6 Å². The number of pyridine rings is 1. The summed E-state index contributed by atoms with van der Waals surface area (Å²) in [6, 6.07) is 11.7. The van der Waals surface area contributed by atoms with Crippen LogP contribution < -0.4 is 9.46 Å². The van der Waals surface area contributed by atoms with Crippen LogP contribution in [0.5, 0.6) is 5.75 Å². The van der Waals surface area contributed by atoms with Gasteiger partial charge in [0.05, 0.1) is 4.90 Å². The van der Waals surface area contributed by atoms with E-state index in [0.717, 1.165) is 18.2 Å². The number of hydrogen-bond donors (Lipinski definition) is 1. The highest BCUT2D eigenvalue weighted by Gasteiger charge is 2.18. The fourth-order valence-electron chi connectivity index (χ4n) is 2.26. The van der Waals surface area contributed by atoms with Gasteiger partial charge in [-0.05, 0) is 48.0 Å². The minimum Gasteiger partial charge on any atom is -0.485 e. The van der Waals surface area contributed by atoms with Crippen molar-refractivity contribution in [3.8, 4) is 5.75 Å². The van der Waals surface area contributed by atoms with Crippen molar-refractivity contribution in [2.75, 3.05) is 4.72 Å². The zero-order valence-corrected chi connectivity index (χ0v) is 15.3. The Morgan fingerprint density at radius 2 is 1.78 bits per heavy atom. The second-order valence-corrected chi connectivity index (χ2v) is 7.60. The van der Waals surface area contributed by atoms with Gasteiger partial charge in [0.25, 0.3) is 10.0 Å². The molecule has 5 nitrogen and oxygen atoms in total. The molecule has 2 aromatic carbocycles. The van der Waals surface area contributed by atoms with Crippen molar-refractivity contribution in [2.24, 2.45) is 0 Å². The Morgan fingerprint density at radius 3 is 2.48 bits per heavy atom. The zero-order valence-electron chi connectivity index (χ0n) is 13.7. The molecule has 1 N–H and O–H groups in total. The van der Waals surface area contributed by atoms with Crippen molar-refractivity contribution in [1.29, 1.82) is 0 Å². The van der Waals surface area contributed by atoms with Crippen LogP contribution in [0.25, 0.3) is 0 Å². The van der Waals surface area contributed by atoms with Gasteiger partial charge in [-0.1, -0.05) is 17.7 Å². The molecule has 140 valence electrons. The van der Waals surface area contributed by atoms with Gasteiger partial charge >= 0.3 is 0 Å². The van der Waals surface area contributed by atoms with Crippen LogP contribution in [0.1, 0.15) is 5.56 Å². The van der Waals surface area contributed by atoms with Crippen LogP contribution in [0.3, 0.4) is 0 Å². The number of hydrogen-bond acceptors (Lipinski definition) is 4. The first-order valence-corrected chi connectivity index (χ1v) is 9.51. The third-order valence-corrected chi connectivity index (χ3v) is 5.00. The van der Waals surface area contributed by atoms with E-state index < -0.39 is 21.7 Å². The summed E-state index contributed by atoms with van der Waals surface area (Å²) in [7, 11) is -3.95. The second kappa shape index (κ2) is 7.89. The van der Waals surface area contributed by atoms with E-state index in [1.54, 1.807) is 12.1 Å². The van der Waals surface area contributed by atoms with E-state index in [4.69, 9.17) is 16.3 Å². The summed E-state index contributed by atoms with van der Waals surface area (Å²) in [5, 5.41) is 0.267. The van der Waals surface area contributed by atoms with E-state index in [-0.39, 0.29) is 33.7 Å². The molecule has 1 aromatic heterocycles.